The van der Waals surface area contributed by atoms with E-state index in [1.165, 1.54) is 11.0 Å². The van der Waals surface area contributed by atoms with Crippen molar-refractivity contribution in [2.45, 2.75) is 13.8 Å². The number of nitrogens with one attached hydrogen (secondary N) is 1. The van der Waals surface area contributed by atoms with Crippen molar-refractivity contribution < 1.29 is 19.1 Å². The molecule has 1 fully saturated rings. The number of carbonyl (C=O) groups excluding carboxylic acids is 2. The second kappa shape index (κ2) is 8.67. The van der Waals surface area contributed by atoms with E-state index in [4.69, 9.17) is 21.7 Å². The Hall–Kier alpha value is -3.19. The number of para-hydroxylation sites is 1. The van der Waals surface area contributed by atoms with Gasteiger partial charge in [-0.3, -0.25) is 19.8 Å². The zero-order chi connectivity index (χ0) is 20.1. The molecule has 0 aliphatic carbocycles. The zero-order valence-electron chi connectivity index (χ0n) is 15.6. The molecule has 0 bridgehead atoms. The number of anilines is 1. The zero-order valence-corrected chi connectivity index (χ0v) is 16.4. The van der Waals surface area contributed by atoms with Crippen LogP contribution in [0.15, 0.2) is 54.1 Å². The molecule has 7 heteroatoms. The number of carbonyl (C=O) groups is 2. The lowest BCUT2D eigenvalue weighted by Crippen LogP contribution is -2.54. The molecule has 144 valence electrons. The molecule has 0 saturated carbocycles. The number of rotatable bonds is 6. The van der Waals surface area contributed by atoms with E-state index in [9.17, 15) is 9.59 Å². The second-order valence-corrected chi connectivity index (χ2v) is 6.25. The molecule has 0 aromatic heterocycles. The van der Waals surface area contributed by atoms with Crippen molar-refractivity contribution in [3.05, 3.63) is 59.7 Å². The van der Waals surface area contributed by atoms with Crippen molar-refractivity contribution >= 4 is 40.9 Å². The minimum absolute atomic E-state index is 0.0101. The van der Waals surface area contributed by atoms with Gasteiger partial charge in [-0.25, -0.2) is 0 Å². The summed E-state index contributed by atoms with van der Waals surface area (Å²) in [6, 6.07) is 14.2. The lowest BCUT2D eigenvalue weighted by Gasteiger charge is -2.28. The van der Waals surface area contributed by atoms with Crippen LogP contribution in [0, 0.1) is 0 Å². The summed E-state index contributed by atoms with van der Waals surface area (Å²) in [5, 5.41) is 2.63. The Balaban J connectivity index is 1.98. The molecule has 2 amide bonds. The molecule has 0 atom stereocenters. The van der Waals surface area contributed by atoms with Crippen molar-refractivity contribution in [2.75, 3.05) is 18.1 Å². The fourth-order valence-corrected chi connectivity index (χ4v) is 3.07. The van der Waals surface area contributed by atoms with Crippen LogP contribution in [0.25, 0.3) is 6.08 Å². The summed E-state index contributed by atoms with van der Waals surface area (Å²) in [4.78, 5) is 26.7. The summed E-state index contributed by atoms with van der Waals surface area (Å²) in [7, 11) is 0. The van der Waals surface area contributed by atoms with Crippen molar-refractivity contribution in [2.24, 2.45) is 0 Å². The molecular formula is C21H20N2O4S. The molecule has 0 unspecified atom stereocenters. The Morgan fingerprint density at radius 2 is 1.68 bits per heavy atom. The first-order valence-corrected chi connectivity index (χ1v) is 9.32. The number of ether oxygens (including phenoxy) is 2. The highest BCUT2D eigenvalue weighted by atomic mass is 32.1. The van der Waals surface area contributed by atoms with Crippen molar-refractivity contribution in [1.29, 1.82) is 0 Å². The lowest BCUT2D eigenvalue weighted by atomic mass is 10.1. The smallest absolute Gasteiger partial charge is 0.270 e. The van der Waals surface area contributed by atoms with Gasteiger partial charge >= 0.3 is 0 Å². The van der Waals surface area contributed by atoms with E-state index in [1.807, 2.05) is 19.9 Å². The topological polar surface area (TPSA) is 67.9 Å². The first-order chi connectivity index (χ1) is 13.5. The van der Waals surface area contributed by atoms with E-state index in [0.717, 1.165) is 0 Å². The van der Waals surface area contributed by atoms with Gasteiger partial charge in [0.1, 0.15) is 5.57 Å². The summed E-state index contributed by atoms with van der Waals surface area (Å²) >= 11 is 5.19. The van der Waals surface area contributed by atoms with Gasteiger partial charge in [-0.2, -0.15) is 0 Å². The summed E-state index contributed by atoms with van der Waals surface area (Å²) in [6.45, 7) is 4.73. The number of hydrogen-bond donors (Lipinski definition) is 1. The first kappa shape index (κ1) is 19.6. The van der Waals surface area contributed by atoms with Crippen molar-refractivity contribution in [1.82, 2.24) is 5.32 Å². The van der Waals surface area contributed by atoms with Crippen molar-refractivity contribution in [3.63, 3.8) is 0 Å². The minimum Gasteiger partial charge on any atom is -0.490 e. The van der Waals surface area contributed by atoms with E-state index in [0.29, 0.717) is 36.0 Å². The van der Waals surface area contributed by atoms with Crippen LogP contribution < -0.4 is 19.7 Å². The van der Waals surface area contributed by atoms with E-state index < -0.39 is 11.8 Å². The van der Waals surface area contributed by atoms with Gasteiger partial charge in [0, 0.05) is 0 Å². The molecular weight excluding hydrogens is 376 g/mol. The van der Waals surface area contributed by atoms with Gasteiger partial charge in [-0.1, -0.05) is 24.3 Å². The van der Waals surface area contributed by atoms with Crippen molar-refractivity contribution in [3.8, 4) is 11.5 Å². The molecule has 3 rings (SSSR count). The van der Waals surface area contributed by atoms with Crippen LogP contribution in [-0.2, 0) is 9.59 Å². The van der Waals surface area contributed by atoms with Gasteiger partial charge in [0.05, 0.1) is 18.9 Å². The normalized spacial score (nSPS) is 15.6. The quantitative estimate of drug-likeness (QED) is 0.461. The van der Waals surface area contributed by atoms with Crippen LogP contribution in [0.3, 0.4) is 0 Å². The Kier molecular flexibility index (Phi) is 6.06. The highest BCUT2D eigenvalue weighted by molar-refractivity contribution is 7.80. The van der Waals surface area contributed by atoms with Crippen LogP contribution in [0.1, 0.15) is 19.4 Å². The number of hydrogen-bond acceptors (Lipinski definition) is 5. The van der Waals surface area contributed by atoms with E-state index >= 15 is 0 Å². The predicted octanol–water partition coefficient (Wildman–Crippen LogP) is 3.32. The maximum Gasteiger partial charge on any atom is 0.270 e. The van der Waals surface area contributed by atoms with E-state index in [1.54, 1.807) is 42.5 Å². The third-order valence-corrected chi connectivity index (χ3v) is 4.28. The summed E-state index contributed by atoms with van der Waals surface area (Å²) < 4.78 is 11.2. The monoisotopic (exact) mass is 396 g/mol. The van der Waals surface area contributed by atoms with Gasteiger partial charge < -0.3 is 9.47 Å². The second-order valence-electron chi connectivity index (χ2n) is 5.87. The number of nitrogens with zero attached hydrogens (tertiary/aromatic N) is 1. The first-order valence-electron chi connectivity index (χ1n) is 8.91. The number of thiocarbonyl (C=S) groups is 1. The number of amides is 2. The largest absolute Gasteiger partial charge is 0.490 e. The van der Waals surface area contributed by atoms with Gasteiger partial charge in [0.25, 0.3) is 11.8 Å². The SMILES string of the molecule is CCOc1ccc(/C=C2/C(=O)NC(=S)N(c3ccccc3)C2=O)cc1OCC. The summed E-state index contributed by atoms with van der Waals surface area (Å²) in [5.74, 6) is 0.150. The third-order valence-electron chi connectivity index (χ3n) is 3.99. The van der Waals surface area contributed by atoms with Gasteiger partial charge in [0.15, 0.2) is 16.6 Å². The molecule has 2 aromatic rings. The van der Waals surface area contributed by atoms with E-state index in [-0.39, 0.29) is 10.7 Å². The minimum atomic E-state index is -0.533. The van der Waals surface area contributed by atoms with Crippen LogP contribution in [0.5, 0.6) is 11.5 Å². The van der Waals surface area contributed by atoms with Crippen LogP contribution >= 0.6 is 12.2 Å². The molecule has 0 radical (unpaired) electrons. The molecule has 6 nitrogen and oxygen atoms in total. The highest BCUT2D eigenvalue weighted by Crippen LogP contribution is 2.30. The van der Waals surface area contributed by atoms with E-state index in [2.05, 4.69) is 5.32 Å². The standard InChI is InChI=1S/C21H20N2O4S/c1-3-26-17-11-10-14(13-18(17)27-4-2)12-16-19(24)22-21(28)23(20(16)25)15-8-6-5-7-9-15/h5-13H,3-4H2,1-2H3,(H,22,24,28)/b16-12-. The Bertz CT molecular complexity index is 941. The Morgan fingerprint density at radius 3 is 2.36 bits per heavy atom. The molecule has 1 aliphatic heterocycles. The average Bonchev–Trinajstić information content (AvgIpc) is 2.68. The number of benzene rings is 2. The van der Waals surface area contributed by atoms with Gasteiger partial charge in [-0.15, -0.1) is 0 Å². The van der Waals surface area contributed by atoms with Crippen LogP contribution in [-0.4, -0.2) is 30.1 Å². The van der Waals surface area contributed by atoms with Gasteiger partial charge in [-0.05, 0) is 62.0 Å². The molecule has 2 aromatic carbocycles. The molecule has 28 heavy (non-hydrogen) atoms. The molecule has 1 aliphatic rings. The maximum absolute atomic E-state index is 13.0. The molecule has 1 heterocycles. The molecule has 0 spiro atoms. The highest BCUT2D eigenvalue weighted by Gasteiger charge is 2.34. The summed E-state index contributed by atoms with van der Waals surface area (Å²) in [6.07, 6.45) is 1.52. The predicted molar refractivity (Wildman–Crippen MR) is 111 cm³/mol. The Morgan fingerprint density at radius 1 is 1.00 bits per heavy atom. The maximum atomic E-state index is 13.0. The third kappa shape index (κ3) is 4.04. The van der Waals surface area contributed by atoms with Crippen LogP contribution in [0.2, 0.25) is 0 Å². The Labute approximate surface area is 168 Å². The van der Waals surface area contributed by atoms with Crippen LogP contribution in [0.4, 0.5) is 5.69 Å². The average molecular weight is 396 g/mol. The summed E-state index contributed by atoms with van der Waals surface area (Å²) in [5.41, 5.74) is 1.22. The van der Waals surface area contributed by atoms with Gasteiger partial charge in [0.2, 0.25) is 0 Å². The lowest BCUT2D eigenvalue weighted by molar-refractivity contribution is -0.122. The molecule has 1 N–H and O–H groups in total. The fraction of sp³-hybridized carbons (Fsp3) is 0.190. The molecule has 1 saturated heterocycles. The fourth-order valence-electron chi connectivity index (χ4n) is 2.79.